The predicted octanol–water partition coefficient (Wildman–Crippen LogP) is 4.21. The molecule has 0 atom stereocenters. The molecule has 0 saturated carbocycles. The minimum absolute atomic E-state index is 0.178. The number of ether oxygens (including phenoxy) is 3. The number of hydrogen-bond donors (Lipinski definition) is 1. The molecular formula is C24H22N2O6S2. The lowest BCUT2D eigenvalue weighted by Crippen LogP contribution is -2.29. The fourth-order valence-corrected chi connectivity index (χ4v) is 4.68. The Bertz CT molecular complexity index is 1160. The summed E-state index contributed by atoms with van der Waals surface area (Å²) in [5.41, 5.74) is 1.82. The van der Waals surface area contributed by atoms with E-state index in [9.17, 15) is 14.4 Å². The summed E-state index contributed by atoms with van der Waals surface area (Å²) in [5, 5.41) is 2.78. The highest BCUT2D eigenvalue weighted by Crippen LogP contribution is 2.36. The maximum atomic E-state index is 12.8. The third-order valence-electron chi connectivity index (χ3n) is 5.03. The molecule has 2 aromatic rings. The molecule has 0 aromatic heterocycles. The monoisotopic (exact) mass is 498 g/mol. The van der Waals surface area contributed by atoms with Crippen molar-refractivity contribution >= 4 is 57.8 Å². The number of amides is 2. The Morgan fingerprint density at radius 1 is 1.18 bits per heavy atom. The molecule has 10 heteroatoms. The van der Waals surface area contributed by atoms with E-state index in [4.69, 9.17) is 26.4 Å². The maximum Gasteiger partial charge on any atom is 0.338 e. The molecule has 2 aliphatic heterocycles. The number of thiocarbonyl (C=S) groups is 1. The van der Waals surface area contributed by atoms with Crippen LogP contribution >= 0.6 is 24.0 Å². The van der Waals surface area contributed by atoms with E-state index in [0.717, 1.165) is 5.56 Å². The van der Waals surface area contributed by atoms with Crippen molar-refractivity contribution in [1.29, 1.82) is 0 Å². The Kier molecular flexibility index (Phi) is 7.49. The lowest BCUT2D eigenvalue weighted by Gasteiger charge is -2.14. The third kappa shape index (κ3) is 5.57. The first-order valence-electron chi connectivity index (χ1n) is 10.7. The summed E-state index contributed by atoms with van der Waals surface area (Å²) in [4.78, 5) is 38.8. The minimum atomic E-state index is -0.406. The molecule has 8 nitrogen and oxygen atoms in total. The van der Waals surface area contributed by atoms with Gasteiger partial charge in [0.1, 0.15) is 4.32 Å². The van der Waals surface area contributed by atoms with Crippen molar-refractivity contribution in [2.75, 3.05) is 25.3 Å². The van der Waals surface area contributed by atoms with E-state index in [2.05, 4.69) is 5.32 Å². The summed E-state index contributed by atoms with van der Waals surface area (Å²) < 4.78 is 16.1. The van der Waals surface area contributed by atoms with Crippen LogP contribution in [0.4, 0.5) is 5.69 Å². The first-order valence-corrected chi connectivity index (χ1v) is 11.9. The highest BCUT2D eigenvalue weighted by atomic mass is 32.2. The van der Waals surface area contributed by atoms with Crippen molar-refractivity contribution in [2.45, 2.75) is 19.8 Å². The summed E-state index contributed by atoms with van der Waals surface area (Å²) in [6.45, 7) is 2.57. The largest absolute Gasteiger partial charge is 0.462 e. The Balaban J connectivity index is 1.27. The van der Waals surface area contributed by atoms with Crippen LogP contribution < -0.4 is 14.8 Å². The van der Waals surface area contributed by atoms with E-state index in [1.807, 2.05) is 12.1 Å². The number of thioether (sulfide) groups is 1. The van der Waals surface area contributed by atoms with Gasteiger partial charge < -0.3 is 19.5 Å². The second-order valence-corrected chi connectivity index (χ2v) is 9.07. The second-order valence-electron chi connectivity index (χ2n) is 7.40. The Morgan fingerprint density at radius 3 is 2.71 bits per heavy atom. The van der Waals surface area contributed by atoms with Gasteiger partial charge in [-0.15, -0.1) is 0 Å². The molecule has 1 fully saturated rings. The quantitative estimate of drug-likeness (QED) is 0.329. The topological polar surface area (TPSA) is 94.2 Å². The summed E-state index contributed by atoms with van der Waals surface area (Å²) in [6, 6.07) is 12.0. The molecule has 0 radical (unpaired) electrons. The van der Waals surface area contributed by atoms with Crippen molar-refractivity contribution in [2.24, 2.45) is 0 Å². The number of anilines is 1. The van der Waals surface area contributed by atoms with E-state index in [1.54, 1.807) is 43.3 Å². The SMILES string of the molecule is CCOC(=O)c1ccc(NC(=O)CCCN2C(=O)/C(=C/c3ccc4c(c3)OCO4)SC2=S)cc1. The van der Waals surface area contributed by atoms with Crippen LogP contribution in [0.3, 0.4) is 0 Å². The number of esters is 1. The molecule has 2 heterocycles. The first kappa shape index (κ1) is 23.8. The van der Waals surface area contributed by atoms with Gasteiger partial charge in [-0.3, -0.25) is 14.5 Å². The van der Waals surface area contributed by atoms with Crippen LogP contribution in [0.25, 0.3) is 6.08 Å². The average Bonchev–Trinajstić information content (AvgIpc) is 3.39. The lowest BCUT2D eigenvalue weighted by atomic mass is 10.2. The van der Waals surface area contributed by atoms with Crippen LogP contribution in [-0.2, 0) is 14.3 Å². The molecule has 0 aliphatic carbocycles. The molecule has 0 bridgehead atoms. The second kappa shape index (κ2) is 10.7. The number of nitrogens with zero attached hydrogens (tertiary/aromatic N) is 1. The molecule has 1 saturated heterocycles. The smallest absolute Gasteiger partial charge is 0.338 e. The van der Waals surface area contributed by atoms with E-state index in [-0.39, 0.29) is 25.0 Å². The summed E-state index contributed by atoms with van der Waals surface area (Å²) in [6.07, 6.45) is 2.45. The van der Waals surface area contributed by atoms with Crippen LogP contribution in [0.5, 0.6) is 11.5 Å². The van der Waals surface area contributed by atoms with Crippen LogP contribution in [0, 0.1) is 0 Å². The molecule has 34 heavy (non-hydrogen) atoms. The Hall–Kier alpha value is -3.37. The van der Waals surface area contributed by atoms with Crippen molar-refractivity contribution in [3.63, 3.8) is 0 Å². The van der Waals surface area contributed by atoms with Crippen molar-refractivity contribution in [1.82, 2.24) is 4.90 Å². The molecule has 0 unspecified atom stereocenters. The van der Waals surface area contributed by atoms with E-state index < -0.39 is 5.97 Å². The Labute approximate surface area is 206 Å². The number of hydrogen-bond acceptors (Lipinski definition) is 8. The van der Waals surface area contributed by atoms with Gasteiger partial charge in [-0.2, -0.15) is 0 Å². The molecule has 2 amide bonds. The molecule has 1 N–H and O–H groups in total. The van der Waals surface area contributed by atoms with Gasteiger partial charge in [0.2, 0.25) is 12.7 Å². The van der Waals surface area contributed by atoms with Gasteiger partial charge in [0.25, 0.3) is 5.91 Å². The molecule has 2 aromatic carbocycles. The van der Waals surface area contributed by atoms with Crippen LogP contribution in [0.2, 0.25) is 0 Å². The fourth-order valence-electron chi connectivity index (χ4n) is 3.37. The van der Waals surface area contributed by atoms with Crippen LogP contribution in [-0.4, -0.2) is 46.9 Å². The summed E-state index contributed by atoms with van der Waals surface area (Å²) in [7, 11) is 0. The van der Waals surface area contributed by atoms with E-state index >= 15 is 0 Å². The number of rotatable bonds is 8. The molecule has 4 rings (SSSR count). The normalized spacial score (nSPS) is 15.7. The average molecular weight is 499 g/mol. The maximum absolute atomic E-state index is 12.8. The van der Waals surface area contributed by atoms with Crippen LogP contribution in [0.15, 0.2) is 47.4 Å². The van der Waals surface area contributed by atoms with Gasteiger partial charge >= 0.3 is 5.97 Å². The van der Waals surface area contributed by atoms with E-state index in [1.165, 1.54) is 16.7 Å². The van der Waals surface area contributed by atoms with Gasteiger partial charge in [-0.25, -0.2) is 4.79 Å². The van der Waals surface area contributed by atoms with Crippen LogP contribution in [0.1, 0.15) is 35.7 Å². The first-order chi connectivity index (χ1) is 16.4. The number of carbonyl (C=O) groups excluding carboxylic acids is 3. The molecule has 176 valence electrons. The van der Waals surface area contributed by atoms with Crippen molar-refractivity contribution in [3.8, 4) is 11.5 Å². The zero-order valence-electron chi connectivity index (χ0n) is 18.4. The molecule has 0 spiro atoms. The van der Waals surface area contributed by atoms with Gasteiger partial charge in [-0.05, 0) is 61.4 Å². The highest BCUT2D eigenvalue weighted by Gasteiger charge is 2.31. The van der Waals surface area contributed by atoms with Gasteiger partial charge in [-0.1, -0.05) is 30.0 Å². The number of nitrogens with one attached hydrogen (secondary N) is 1. The number of carbonyl (C=O) groups is 3. The summed E-state index contributed by atoms with van der Waals surface area (Å²) >= 11 is 6.61. The van der Waals surface area contributed by atoms with Gasteiger partial charge in [0.05, 0.1) is 17.1 Å². The standard InChI is InChI=1S/C24H22N2O6S2/c1-2-30-23(29)16-6-8-17(9-7-16)25-21(27)4-3-11-26-22(28)20(34-24(26)33)13-15-5-10-18-19(12-15)32-14-31-18/h5-10,12-13H,2-4,11,14H2,1H3,(H,25,27)/b20-13-. The van der Waals surface area contributed by atoms with E-state index in [0.29, 0.717) is 51.5 Å². The number of benzene rings is 2. The van der Waals surface area contributed by atoms with Crippen molar-refractivity contribution < 1.29 is 28.6 Å². The zero-order chi connectivity index (χ0) is 24.1. The molecule has 2 aliphatic rings. The predicted molar refractivity (Wildman–Crippen MR) is 133 cm³/mol. The Morgan fingerprint density at radius 2 is 1.94 bits per heavy atom. The van der Waals surface area contributed by atoms with Gasteiger partial charge in [0, 0.05) is 18.7 Å². The minimum Gasteiger partial charge on any atom is -0.462 e. The third-order valence-corrected chi connectivity index (χ3v) is 6.41. The molecular weight excluding hydrogens is 476 g/mol. The number of fused-ring (bicyclic) bond motifs is 1. The summed E-state index contributed by atoms with van der Waals surface area (Å²) in [5.74, 6) is 0.549. The lowest BCUT2D eigenvalue weighted by molar-refractivity contribution is -0.122. The van der Waals surface area contributed by atoms with Gasteiger partial charge in [0.15, 0.2) is 11.5 Å². The highest BCUT2D eigenvalue weighted by molar-refractivity contribution is 8.26. The van der Waals surface area contributed by atoms with Crippen molar-refractivity contribution in [3.05, 3.63) is 58.5 Å². The zero-order valence-corrected chi connectivity index (χ0v) is 20.0. The fraction of sp³-hybridized carbons (Fsp3) is 0.250.